The Kier molecular flexibility index (Phi) is 4.50. The van der Waals surface area contributed by atoms with Crippen LogP contribution in [0, 0.1) is 0 Å². The second-order valence-electron chi connectivity index (χ2n) is 3.44. The summed E-state index contributed by atoms with van der Waals surface area (Å²) in [4.78, 5) is 20.2. The zero-order valence-corrected chi connectivity index (χ0v) is 9.47. The Morgan fingerprint density at radius 3 is 2.94 bits per heavy atom. The van der Waals surface area contributed by atoms with Crippen LogP contribution in [-0.2, 0) is 4.79 Å². The summed E-state index contributed by atoms with van der Waals surface area (Å²) in [5.74, 6) is 0.421. The molecule has 0 spiro atoms. The predicted octanol–water partition coefficient (Wildman–Crippen LogP) is 0.819. The molecule has 0 radical (unpaired) electrons. The standard InChI is InChI=1S/C10H16N4O2/c1-3-4-11-8-5-9(13-7-12-8)14(2)6-10(15)16/h5,7H,3-4,6H2,1-2H3,(H,15,16)(H,11,12,13). The molecule has 0 saturated carbocycles. The quantitative estimate of drug-likeness (QED) is 0.744. The van der Waals surface area contributed by atoms with E-state index < -0.39 is 5.97 Å². The van der Waals surface area contributed by atoms with Crippen molar-refractivity contribution in [3.63, 3.8) is 0 Å². The minimum absolute atomic E-state index is 0.0791. The Balaban J connectivity index is 2.69. The molecule has 16 heavy (non-hydrogen) atoms. The molecule has 0 aromatic carbocycles. The molecule has 2 N–H and O–H groups in total. The molecule has 0 aliphatic carbocycles. The minimum Gasteiger partial charge on any atom is -0.480 e. The van der Waals surface area contributed by atoms with Crippen LogP contribution < -0.4 is 10.2 Å². The van der Waals surface area contributed by atoms with Crippen molar-refractivity contribution in [1.82, 2.24) is 9.97 Å². The fourth-order valence-electron chi connectivity index (χ4n) is 1.19. The summed E-state index contributed by atoms with van der Waals surface area (Å²) in [6.07, 6.45) is 2.43. The molecule has 6 nitrogen and oxygen atoms in total. The highest BCUT2D eigenvalue weighted by Gasteiger charge is 2.07. The van der Waals surface area contributed by atoms with E-state index >= 15 is 0 Å². The normalized spacial score (nSPS) is 9.88. The summed E-state index contributed by atoms with van der Waals surface area (Å²) in [6.45, 7) is 2.81. The SMILES string of the molecule is CCCNc1cc(N(C)CC(=O)O)ncn1. The molecule has 0 saturated heterocycles. The highest BCUT2D eigenvalue weighted by atomic mass is 16.4. The van der Waals surface area contributed by atoms with Crippen LogP contribution in [0.5, 0.6) is 0 Å². The first-order valence-electron chi connectivity index (χ1n) is 5.12. The second kappa shape index (κ2) is 5.89. The van der Waals surface area contributed by atoms with Crippen LogP contribution in [-0.4, -0.2) is 41.2 Å². The van der Waals surface area contributed by atoms with Crippen LogP contribution in [0.15, 0.2) is 12.4 Å². The fraction of sp³-hybridized carbons (Fsp3) is 0.500. The highest BCUT2D eigenvalue weighted by Crippen LogP contribution is 2.11. The molecular formula is C10H16N4O2. The molecule has 88 valence electrons. The van der Waals surface area contributed by atoms with Gasteiger partial charge in [0.05, 0.1) is 0 Å². The first-order chi connectivity index (χ1) is 7.63. The topological polar surface area (TPSA) is 78.4 Å². The average molecular weight is 224 g/mol. The van der Waals surface area contributed by atoms with Crippen LogP contribution in [0.3, 0.4) is 0 Å². The maximum Gasteiger partial charge on any atom is 0.323 e. The lowest BCUT2D eigenvalue weighted by molar-refractivity contribution is -0.135. The van der Waals surface area contributed by atoms with Crippen molar-refractivity contribution < 1.29 is 9.90 Å². The van der Waals surface area contributed by atoms with Gasteiger partial charge in [0, 0.05) is 19.7 Å². The number of aromatic nitrogens is 2. The van der Waals surface area contributed by atoms with Crippen molar-refractivity contribution >= 4 is 17.6 Å². The maximum absolute atomic E-state index is 10.5. The van der Waals surface area contributed by atoms with E-state index in [0.717, 1.165) is 13.0 Å². The van der Waals surface area contributed by atoms with Gasteiger partial charge in [-0.3, -0.25) is 4.79 Å². The summed E-state index contributed by atoms with van der Waals surface area (Å²) in [6, 6.07) is 1.73. The lowest BCUT2D eigenvalue weighted by Gasteiger charge is -2.15. The van der Waals surface area contributed by atoms with Gasteiger partial charge in [0.25, 0.3) is 0 Å². The number of aliphatic carboxylic acids is 1. The lowest BCUT2D eigenvalue weighted by atomic mass is 10.4. The van der Waals surface area contributed by atoms with Crippen molar-refractivity contribution in [2.75, 3.05) is 30.4 Å². The van der Waals surface area contributed by atoms with E-state index in [9.17, 15) is 4.79 Å². The summed E-state index contributed by atoms with van der Waals surface area (Å²) >= 11 is 0. The van der Waals surface area contributed by atoms with Crippen molar-refractivity contribution in [3.05, 3.63) is 12.4 Å². The zero-order valence-electron chi connectivity index (χ0n) is 9.47. The molecule has 1 heterocycles. The molecule has 0 aliphatic heterocycles. The summed E-state index contributed by atoms with van der Waals surface area (Å²) in [5, 5.41) is 11.8. The van der Waals surface area contributed by atoms with Crippen molar-refractivity contribution in [1.29, 1.82) is 0 Å². The Bertz CT molecular complexity index is 356. The van der Waals surface area contributed by atoms with Gasteiger partial charge in [-0.15, -0.1) is 0 Å². The van der Waals surface area contributed by atoms with Gasteiger partial charge >= 0.3 is 5.97 Å². The van der Waals surface area contributed by atoms with Gasteiger partial charge in [0.1, 0.15) is 24.5 Å². The van der Waals surface area contributed by atoms with Crippen molar-refractivity contribution in [2.24, 2.45) is 0 Å². The Morgan fingerprint density at radius 1 is 1.56 bits per heavy atom. The number of carboxylic acids is 1. The van der Waals surface area contributed by atoms with Crippen LogP contribution in [0.1, 0.15) is 13.3 Å². The number of nitrogens with zero attached hydrogens (tertiary/aromatic N) is 3. The summed E-state index contributed by atoms with van der Waals surface area (Å²) < 4.78 is 0. The highest BCUT2D eigenvalue weighted by molar-refractivity contribution is 5.73. The Labute approximate surface area is 94.3 Å². The first kappa shape index (κ1) is 12.2. The largest absolute Gasteiger partial charge is 0.480 e. The molecule has 1 aromatic heterocycles. The van der Waals surface area contributed by atoms with Gasteiger partial charge in [-0.05, 0) is 6.42 Å². The molecule has 0 amide bonds. The van der Waals surface area contributed by atoms with Crippen molar-refractivity contribution in [2.45, 2.75) is 13.3 Å². The number of anilines is 2. The molecule has 0 fully saturated rings. The molecule has 1 aromatic rings. The Hall–Kier alpha value is -1.85. The number of rotatable bonds is 6. The lowest BCUT2D eigenvalue weighted by Crippen LogP contribution is -2.26. The first-order valence-corrected chi connectivity index (χ1v) is 5.12. The van der Waals surface area contributed by atoms with Gasteiger partial charge < -0.3 is 15.3 Å². The number of likely N-dealkylation sites (N-methyl/N-ethyl adjacent to an activating group) is 1. The molecule has 1 rings (SSSR count). The number of hydrogen-bond donors (Lipinski definition) is 2. The zero-order chi connectivity index (χ0) is 12.0. The second-order valence-corrected chi connectivity index (χ2v) is 3.44. The van der Waals surface area contributed by atoms with Gasteiger partial charge in [-0.25, -0.2) is 9.97 Å². The van der Waals surface area contributed by atoms with Crippen LogP contribution in [0.25, 0.3) is 0 Å². The van der Waals surface area contributed by atoms with Gasteiger partial charge in [0.15, 0.2) is 0 Å². The Morgan fingerprint density at radius 2 is 2.31 bits per heavy atom. The van der Waals surface area contributed by atoms with Crippen LogP contribution >= 0.6 is 0 Å². The molecule has 6 heteroatoms. The number of nitrogens with one attached hydrogen (secondary N) is 1. The van der Waals surface area contributed by atoms with Crippen LogP contribution in [0.2, 0.25) is 0 Å². The average Bonchev–Trinajstić information content (AvgIpc) is 2.26. The van der Waals surface area contributed by atoms with Gasteiger partial charge in [0.2, 0.25) is 0 Å². The number of carboxylic acid groups (broad SMARTS) is 1. The monoisotopic (exact) mass is 224 g/mol. The summed E-state index contributed by atoms with van der Waals surface area (Å²) in [7, 11) is 1.68. The molecule has 0 unspecified atom stereocenters. The predicted molar refractivity (Wildman–Crippen MR) is 61.7 cm³/mol. The van der Waals surface area contributed by atoms with E-state index in [0.29, 0.717) is 11.6 Å². The minimum atomic E-state index is -0.885. The smallest absolute Gasteiger partial charge is 0.323 e. The van der Waals surface area contributed by atoms with E-state index in [1.54, 1.807) is 18.0 Å². The van der Waals surface area contributed by atoms with Crippen LogP contribution in [0.4, 0.5) is 11.6 Å². The van der Waals surface area contributed by atoms with E-state index in [2.05, 4.69) is 22.2 Å². The van der Waals surface area contributed by atoms with Crippen molar-refractivity contribution in [3.8, 4) is 0 Å². The van der Waals surface area contributed by atoms with E-state index in [4.69, 9.17) is 5.11 Å². The number of carbonyl (C=O) groups is 1. The molecular weight excluding hydrogens is 208 g/mol. The molecule has 0 bridgehead atoms. The van der Waals surface area contributed by atoms with E-state index in [1.807, 2.05) is 0 Å². The third-order valence-electron chi connectivity index (χ3n) is 1.97. The van der Waals surface area contributed by atoms with Gasteiger partial charge in [-0.1, -0.05) is 6.92 Å². The number of hydrogen-bond acceptors (Lipinski definition) is 5. The summed E-state index contributed by atoms with van der Waals surface area (Å²) in [5.41, 5.74) is 0. The fourth-order valence-corrected chi connectivity index (χ4v) is 1.19. The van der Waals surface area contributed by atoms with E-state index in [1.165, 1.54) is 6.33 Å². The third-order valence-corrected chi connectivity index (χ3v) is 1.97. The molecule has 0 aliphatic rings. The molecule has 0 atom stereocenters. The third kappa shape index (κ3) is 3.72. The maximum atomic E-state index is 10.5. The van der Waals surface area contributed by atoms with Gasteiger partial charge in [-0.2, -0.15) is 0 Å². The van der Waals surface area contributed by atoms with E-state index in [-0.39, 0.29) is 6.54 Å².